The molecule has 0 bridgehead atoms. The second-order valence-corrected chi connectivity index (χ2v) is 8.87. The van der Waals surface area contributed by atoms with E-state index in [-0.39, 0.29) is 11.3 Å². The molecule has 1 fully saturated rings. The normalized spacial score (nSPS) is 21.6. The first-order valence-electron chi connectivity index (χ1n) is 7.23. The molecule has 0 aliphatic carbocycles. The Balaban J connectivity index is 2.16. The molecule has 1 aromatic rings. The Labute approximate surface area is 126 Å². The molecule has 1 unspecified atom stereocenters. The lowest BCUT2D eigenvalue weighted by Gasteiger charge is -2.31. The average Bonchev–Trinajstić information content (AvgIpc) is 2.69. The molecule has 1 saturated heterocycles. The lowest BCUT2D eigenvalue weighted by molar-refractivity contribution is 0.235. The third-order valence-electron chi connectivity index (χ3n) is 3.85. The average molecular weight is 315 g/mol. The summed E-state index contributed by atoms with van der Waals surface area (Å²) in [5, 5.41) is 8.11. The van der Waals surface area contributed by atoms with Crippen molar-refractivity contribution in [1.82, 2.24) is 19.3 Å². The van der Waals surface area contributed by atoms with E-state index >= 15 is 0 Å². The molecule has 1 aliphatic heterocycles. The molecule has 7 nitrogen and oxygen atoms in total. The highest BCUT2D eigenvalue weighted by Crippen LogP contribution is 2.28. The largest absolute Gasteiger partial charge is 0.381 e. The SMILES string of the molecule is CC(C)(C)c1c(N)nnn1CC1CCCN(S(C)(=O)=O)C1. The standard InChI is InChI=1S/C13H25N5O2S/c1-13(2,3)11-12(14)15-16-18(11)9-10-6-5-7-17(8-10)21(4,19)20/h10H,5-9,14H2,1-4H3. The zero-order valence-corrected chi connectivity index (χ0v) is 14.0. The summed E-state index contributed by atoms with van der Waals surface area (Å²) in [4.78, 5) is 0. The molecular formula is C13H25N5O2S. The van der Waals surface area contributed by atoms with Gasteiger partial charge in [-0.1, -0.05) is 26.0 Å². The van der Waals surface area contributed by atoms with Crippen LogP contribution in [0.25, 0.3) is 0 Å². The van der Waals surface area contributed by atoms with Crippen LogP contribution < -0.4 is 5.73 Å². The van der Waals surface area contributed by atoms with E-state index in [2.05, 4.69) is 31.1 Å². The molecule has 1 atom stereocenters. The Morgan fingerprint density at radius 1 is 1.38 bits per heavy atom. The molecule has 0 aromatic carbocycles. The van der Waals surface area contributed by atoms with Crippen LogP contribution in [0.4, 0.5) is 5.82 Å². The van der Waals surface area contributed by atoms with E-state index in [0.29, 0.717) is 25.5 Å². The Morgan fingerprint density at radius 2 is 2.05 bits per heavy atom. The molecule has 8 heteroatoms. The van der Waals surface area contributed by atoms with Gasteiger partial charge >= 0.3 is 0 Å². The molecule has 120 valence electrons. The molecule has 0 spiro atoms. The van der Waals surface area contributed by atoms with E-state index < -0.39 is 10.0 Å². The van der Waals surface area contributed by atoms with Gasteiger partial charge in [0, 0.05) is 25.0 Å². The first-order valence-corrected chi connectivity index (χ1v) is 9.08. The third kappa shape index (κ3) is 3.74. The topological polar surface area (TPSA) is 94.1 Å². The van der Waals surface area contributed by atoms with Gasteiger partial charge in [0.25, 0.3) is 0 Å². The summed E-state index contributed by atoms with van der Waals surface area (Å²) in [5.41, 5.74) is 6.70. The van der Waals surface area contributed by atoms with E-state index in [1.54, 1.807) is 4.31 Å². The van der Waals surface area contributed by atoms with Crippen molar-refractivity contribution in [3.8, 4) is 0 Å². The molecule has 0 radical (unpaired) electrons. The van der Waals surface area contributed by atoms with E-state index in [1.807, 2.05) is 4.68 Å². The lowest BCUT2D eigenvalue weighted by atomic mass is 9.91. The highest BCUT2D eigenvalue weighted by Gasteiger charge is 2.29. The quantitative estimate of drug-likeness (QED) is 0.891. The minimum absolute atomic E-state index is 0.140. The summed E-state index contributed by atoms with van der Waals surface area (Å²) in [6, 6.07) is 0. The van der Waals surface area contributed by atoms with E-state index in [9.17, 15) is 8.42 Å². The molecule has 1 aliphatic rings. The highest BCUT2D eigenvalue weighted by atomic mass is 32.2. The number of rotatable bonds is 3. The van der Waals surface area contributed by atoms with Gasteiger partial charge in [0.15, 0.2) is 5.82 Å². The van der Waals surface area contributed by atoms with Gasteiger partial charge in [-0.3, -0.25) is 0 Å². The fourth-order valence-corrected chi connectivity index (χ4v) is 3.89. The number of hydrogen-bond donors (Lipinski definition) is 1. The van der Waals surface area contributed by atoms with Crippen molar-refractivity contribution in [2.24, 2.45) is 5.92 Å². The second-order valence-electron chi connectivity index (χ2n) is 6.88. The second kappa shape index (κ2) is 5.57. The Morgan fingerprint density at radius 3 is 2.62 bits per heavy atom. The van der Waals surface area contributed by atoms with Gasteiger partial charge in [0.2, 0.25) is 10.0 Å². The molecule has 2 rings (SSSR count). The van der Waals surface area contributed by atoms with Crippen molar-refractivity contribution < 1.29 is 8.42 Å². The highest BCUT2D eigenvalue weighted by molar-refractivity contribution is 7.88. The summed E-state index contributed by atoms with van der Waals surface area (Å²) < 4.78 is 26.8. The predicted molar refractivity (Wildman–Crippen MR) is 82.3 cm³/mol. The van der Waals surface area contributed by atoms with Crippen molar-refractivity contribution in [2.45, 2.75) is 45.6 Å². The molecule has 2 N–H and O–H groups in total. The van der Waals surface area contributed by atoms with Crippen LogP contribution in [0.5, 0.6) is 0 Å². The van der Waals surface area contributed by atoms with Crippen LogP contribution in [0.2, 0.25) is 0 Å². The number of hydrogen-bond acceptors (Lipinski definition) is 5. The van der Waals surface area contributed by atoms with Gasteiger partial charge in [-0.15, -0.1) is 5.10 Å². The Hall–Kier alpha value is -1.15. The van der Waals surface area contributed by atoms with Crippen molar-refractivity contribution in [1.29, 1.82) is 0 Å². The van der Waals surface area contributed by atoms with Gasteiger partial charge in [-0.2, -0.15) is 0 Å². The minimum atomic E-state index is -3.12. The molecule has 21 heavy (non-hydrogen) atoms. The number of sulfonamides is 1. The van der Waals surface area contributed by atoms with Crippen LogP contribution in [0, 0.1) is 5.92 Å². The van der Waals surface area contributed by atoms with Crippen LogP contribution in [0.15, 0.2) is 0 Å². The van der Waals surface area contributed by atoms with Gasteiger partial charge in [0.05, 0.1) is 11.9 Å². The van der Waals surface area contributed by atoms with Crippen LogP contribution in [0.3, 0.4) is 0 Å². The monoisotopic (exact) mass is 315 g/mol. The van der Waals surface area contributed by atoms with E-state index in [0.717, 1.165) is 18.5 Å². The molecule has 1 aromatic heterocycles. The van der Waals surface area contributed by atoms with Gasteiger partial charge in [0.1, 0.15) is 0 Å². The van der Waals surface area contributed by atoms with Crippen molar-refractivity contribution in [3.05, 3.63) is 5.69 Å². The van der Waals surface area contributed by atoms with Crippen LogP contribution >= 0.6 is 0 Å². The third-order valence-corrected chi connectivity index (χ3v) is 5.12. The lowest BCUT2D eigenvalue weighted by Crippen LogP contribution is -2.40. The van der Waals surface area contributed by atoms with Gasteiger partial charge in [-0.25, -0.2) is 17.4 Å². The zero-order valence-electron chi connectivity index (χ0n) is 13.2. The van der Waals surface area contributed by atoms with Crippen molar-refractivity contribution in [2.75, 3.05) is 25.1 Å². The van der Waals surface area contributed by atoms with Crippen molar-refractivity contribution in [3.63, 3.8) is 0 Å². The fraction of sp³-hybridized carbons (Fsp3) is 0.846. The Bertz CT molecular complexity index is 603. The number of nitrogens with zero attached hydrogens (tertiary/aromatic N) is 4. The van der Waals surface area contributed by atoms with Gasteiger partial charge in [-0.05, 0) is 18.8 Å². The van der Waals surface area contributed by atoms with Gasteiger partial charge < -0.3 is 5.73 Å². The van der Waals surface area contributed by atoms with E-state index in [1.165, 1.54) is 6.26 Å². The maximum absolute atomic E-state index is 11.7. The smallest absolute Gasteiger partial charge is 0.211 e. The van der Waals surface area contributed by atoms with Crippen molar-refractivity contribution >= 4 is 15.8 Å². The maximum atomic E-state index is 11.7. The minimum Gasteiger partial charge on any atom is -0.381 e. The number of nitrogen functional groups attached to an aromatic ring is 1. The maximum Gasteiger partial charge on any atom is 0.211 e. The summed E-state index contributed by atoms with van der Waals surface area (Å²) in [6.45, 7) is 8.03. The molecule has 2 heterocycles. The van der Waals surface area contributed by atoms with Crippen LogP contribution in [0.1, 0.15) is 39.3 Å². The predicted octanol–water partition coefficient (Wildman–Crippen LogP) is 0.829. The van der Waals surface area contributed by atoms with Crippen LogP contribution in [-0.4, -0.2) is 47.1 Å². The fourth-order valence-electron chi connectivity index (χ4n) is 2.95. The summed E-state index contributed by atoms with van der Waals surface area (Å²) in [6.07, 6.45) is 3.14. The molecular weight excluding hydrogens is 290 g/mol. The molecule has 0 saturated carbocycles. The number of anilines is 1. The van der Waals surface area contributed by atoms with Crippen LogP contribution in [-0.2, 0) is 22.0 Å². The number of nitrogens with two attached hydrogens (primary N) is 1. The first kappa shape index (κ1) is 16.2. The number of piperidine rings is 1. The summed E-state index contributed by atoms with van der Waals surface area (Å²) in [7, 11) is -3.12. The molecule has 0 amide bonds. The summed E-state index contributed by atoms with van der Waals surface area (Å²) in [5.74, 6) is 0.703. The summed E-state index contributed by atoms with van der Waals surface area (Å²) >= 11 is 0. The Kier molecular flexibility index (Phi) is 4.30. The van der Waals surface area contributed by atoms with E-state index in [4.69, 9.17) is 5.73 Å². The zero-order chi connectivity index (χ0) is 15.8. The first-order chi connectivity index (χ1) is 9.59. The number of aromatic nitrogens is 3.